The molecule has 0 spiro atoms. The first-order valence-corrected chi connectivity index (χ1v) is 8.59. The average molecular weight is 385 g/mol. The number of rotatable bonds is 5. The Hall–Kier alpha value is -3.35. The van der Waals surface area contributed by atoms with E-state index in [4.69, 9.17) is 0 Å². The molecule has 1 atom stereocenters. The van der Waals surface area contributed by atoms with E-state index >= 15 is 0 Å². The Morgan fingerprint density at radius 1 is 0.964 bits per heavy atom. The largest absolute Gasteiger partial charge is 0.416 e. The van der Waals surface area contributed by atoms with Crippen molar-refractivity contribution in [3.8, 4) is 0 Å². The van der Waals surface area contributed by atoms with E-state index in [1.165, 1.54) is 24.4 Å². The van der Waals surface area contributed by atoms with Gasteiger partial charge in [0.25, 0.3) is 5.91 Å². The lowest BCUT2D eigenvalue weighted by Gasteiger charge is -2.14. The summed E-state index contributed by atoms with van der Waals surface area (Å²) < 4.78 is 38.5. The number of anilines is 2. The fraction of sp³-hybridized carbons (Fsp3) is 0.143. The number of hydrogen-bond donors (Lipinski definition) is 2. The number of nitrogens with zero attached hydrogens (tertiary/aromatic N) is 1. The molecule has 0 aliphatic heterocycles. The van der Waals surface area contributed by atoms with E-state index in [9.17, 15) is 18.0 Å². The molecule has 0 fully saturated rings. The van der Waals surface area contributed by atoms with E-state index < -0.39 is 11.7 Å². The highest BCUT2D eigenvalue weighted by Gasteiger charge is 2.30. The van der Waals surface area contributed by atoms with Crippen molar-refractivity contribution in [1.82, 2.24) is 10.3 Å². The molecular formula is C21H18F3N3O. The summed E-state index contributed by atoms with van der Waals surface area (Å²) in [4.78, 5) is 16.5. The lowest BCUT2D eigenvalue weighted by Crippen LogP contribution is -2.27. The van der Waals surface area contributed by atoms with Crippen LogP contribution in [-0.2, 0) is 6.18 Å². The van der Waals surface area contributed by atoms with Crippen LogP contribution in [0.2, 0.25) is 0 Å². The zero-order chi connectivity index (χ0) is 20.1. The lowest BCUT2D eigenvalue weighted by atomic mass is 10.1. The van der Waals surface area contributed by atoms with Gasteiger partial charge in [0, 0.05) is 17.6 Å². The van der Waals surface area contributed by atoms with Crippen LogP contribution >= 0.6 is 0 Å². The standard InChI is InChI=1S/C21H18F3N3O/c1-14(15-6-3-2-4-7-15)26-20(28)19-13-18(10-11-25-19)27-17-9-5-8-16(12-17)21(22,23)24/h2-14H,1H3,(H,25,27)(H,26,28). The zero-order valence-corrected chi connectivity index (χ0v) is 15.0. The molecule has 0 aliphatic rings. The second-order valence-corrected chi connectivity index (χ2v) is 6.24. The summed E-state index contributed by atoms with van der Waals surface area (Å²) in [5, 5.41) is 5.73. The Labute approximate surface area is 160 Å². The van der Waals surface area contributed by atoms with Crippen LogP contribution in [0.3, 0.4) is 0 Å². The molecule has 0 aliphatic carbocycles. The summed E-state index contributed by atoms with van der Waals surface area (Å²) in [6, 6.07) is 17.2. The molecule has 0 radical (unpaired) electrons. The van der Waals surface area contributed by atoms with Gasteiger partial charge in [-0.05, 0) is 42.8 Å². The lowest BCUT2D eigenvalue weighted by molar-refractivity contribution is -0.137. The molecule has 2 N–H and O–H groups in total. The number of halogens is 3. The van der Waals surface area contributed by atoms with Crippen molar-refractivity contribution in [1.29, 1.82) is 0 Å². The zero-order valence-electron chi connectivity index (χ0n) is 15.0. The third kappa shape index (κ3) is 4.88. The van der Waals surface area contributed by atoms with Gasteiger partial charge in [0.1, 0.15) is 5.69 Å². The topological polar surface area (TPSA) is 54.0 Å². The van der Waals surface area contributed by atoms with Gasteiger partial charge >= 0.3 is 6.18 Å². The van der Waals surface area contributed by atoms with E-state index in [1.807, 2.05) is 37.3 Å². The Bertz CT molecular complexity index is 958. The Morgan fingerprint density at radius 2 is 1.68 bits per heavy atom. The molecule has 3 aromatic rings. The number of benzene rings is 2. The fourth-order valence-corrected chi connectivity index (χ4v) is 2.67. The van der Waals surface area contributed by atoms with Crippen LogP contribution in [0.1, 0.15) is 34.6 Å². The molecule has 1 amide bonds. The first-order chi connectivity index (χ1) is 13.3. The summed E-state index contributed by atoms with van der Waals surface area (Å²) in [6.07, 6.45) is -2.99. The number of amides is 1. The number of nitrogens with one attached hydrogen (secondary N) is 2. The molecule has 7 heteroatoms. The van der Waals surface area contributed by atoms with E-state index in [2.05, 4.69) is 15.6 Å². The molecule has 1 heterocycles. The third-order valence-electron chi connectivity index (χ3n) is 4.12. The predicted molar refractivity (Wildman–Crippen MR) is 101 cm³/mol. The molecule has 2 aromatic carbocycles. The van der Waals surface area contributed by atoms with Crippen molar-refractivity contribution in [3.63, 3.8) is 0 Å². The van der Waals surface area contributed by atoms with Gasteiger partial charge in [0.15, 0.2) is 0 Å². The maximum Gasteiger partial charge on any atom is 0.416 e. The second kappa shape index (κ2) is 8.12. The van der Waals surface area contributed by atoms with Gasteiger partial charge in [-0.1, -0.05) is 36.4 Å². The van der Waals surface area contributed by atoms with Crippen molar-refractivity contribution in [2.75, 3.05) is 5.32 Å². The highest BCUT2D eigenvalue weighted by atomic mass is 19.4. The van der Waals surface area contributed by atoms with Gasteiger partial charge in [-0.15, -0.1) is 0 Å². The van der Waals surface area contributed by atoms with Crippen LogP contribution in [0.4, 0.5) is 24.5 Å². The van der Waals surface area contributed by atoms with Gasteiger partial charge in [-0.3, -0.25) is 9.78 Å². The van der Waals surface area contributed by atoms with Crippen LogP contribution < -0.4 is 10.6 Å². The monoisotopic (exact) mass is 385 g/mol. The average Bonchev–Trinajstić information content (AvgIpc) is 2.68. The Kier molecular flexibility index (Phi) is 5.63. The molecule has 1 aromatic heterocycles. The van der Waals surface area contributed by atoms with Crippen LogP contribution in [0, 0.1) is 0 Å². The number of carbonyl (C=O) groups excluding carboxylic acids is 1. The minimum absolute atomic E-state index is 0.166. The molecule has 144 valence electrons. The number of hydrogen-bond acceptors (Lipinski definition) is 3. The SMILES string of the molecule is CC(NC(=O)c1cc(Nc2cccc(C(F)(F)F)c2)ccn1)c1ccccc1. The van der Waals surface area contributed by atoms with Crippen LogP contribution in [0.5, 0.6) is 0 Å². The van der Waals surface area contributed by atoms with E-state index in [0.29, 0.717) is 5.69 Å². The molecule has 0 bridgehead atoms. The van der Waals surface area contributed by atoms with E-state index in [1.54, 1.807) is 6.07 Å². The second-order valence-electron chi connectivity index (χ2n) is 6.24. The molecule has 0 saturated heterocycles. The van der Waals surface area contributed by atoms with Crippen molar-refractivity contribution in [3.05, 3.63) is 89.7 Å². The summed E-state index contributed by atoms with van der Waals surface area (Å²) in [7, 11) is 0. The van der Waals surface area contributed by atoms with Crippen LogP contribution in [0.15, 0.2) is 72.9 Å². The molecule has 0 saturated carbocycles. The minimum atomic E-state index is -4.42. The van der Waals surface area contributed by atoms with Crippen LogP contribution in [0.25, 0.3) is 0 Å². The Morgan fingerprint density at radius 3 is 2.39 bits per heavy atom. The highest BCUT2D eigenvalue weighted by molar-refractivity contribution is 5.93. The third-order valence-corrected chi connectivity index (χ3v) is 4.12. The normalized spacial score (nSPS) is 12.3. The Balaban J connectivity index is 1.73. The van der Waals surface area contributed by atoms with Gasteiger partial charge < -0.3 is 10.6 Å². The quantitative estimate of drug-likeness (QED) is 0.624. The fourth-order valence-electron chi connectivity index (χ4n) is 2.67. The summed E-state index contributed by atoms with van der Waals surface area (Å²) in [5.41, 5.74) is 1.10. The molecule has 3 rings (SSSR count). The van der Waals surface area contributed by atoms with Crippen molar-refractivity contribution in [2.45, 2.75) is 19.1 Å². The number of aromatic nitrogens is 1. The molecule has 28 heavy (non-hydrogen) atoms. The summed E-state index contributed by atoms with van der Waals surface area (Å²) in [5.74, 6) is -0.371. The molecule has 4 nitrogen and oxygen atoms in total. The van der Waals surface area contributed by atoms with Gasteiger partial charge in [0.05, 0.1) is 11.6 Å². The molecule has 1 unspecified atom stereocenters. The van der Waals surface area contributed by atoms with Crippen molar-refractivity contribution < 1.29 is 18.0 Å². The maximum atomic E-state index is 12.8. The van der Waals surface area contributed by atoms with Crippen molar-refractivity contribution in [2.24, 2.45) is 0 Å². The predicted octanol–water partition coefficient (Wildman–Crippen LogP) is 5.34. The smallest absolute Gasteiger partial charge is 0.355 e. The maximum absolute atomic E-state index is 12.8. The van der Waals surface area contributed by atoms with Gasteiger partial charge in [0.2, 0.25) is 0 Å². The summed E-state index contributed by atoms with van der Waals surface area (Å²) in [6.45, 7) is 1.86. The van der Waals surface area contributed by atoms with Gasteiger partial charge in [-0.25, -0.2) is 0 Å². The van der Waals surface area contributed by atoms with E-state index in [-0.39, 0.29) is 23.3 Å². The minimum Gasteiger partial charge on any atom is -0.355 e. The first kappa shape index (κ1) is 19.4. The summed E-state index contributed by atoms with van der Waals surface area (Å²) >= 11 is 0. The highest BCUT2D eigenvalue weighted by Crippen LogP contribution is 2.31. The van der Waals surface area contributed by atoms with E-state index in [0.717, 1.165) is 17.7 Å². The number of carbonyl (C=O) groups is 1. The van der Waals surface area contributed by atoms with Crippen molar-refractivity contribution >= 4 is 17.3 Å². The number of pyridine rings is 1. The first-order valence-electron chi connectivity index (χ1n) is 8.59. The molecular weight excluding hydrogens is 367 g/mol. The number of alkyl halides is 3. The van der Waals surface area contributed by atoms with Crippen LogP contribution in [-0.4, -0.2) is 10.9 Å². The van der Waals surface area contributed by atoms with Gasteiger partial charge in [-0.2, -0.15) is 13.2 Å².